The smallest absolute Gasteiger partial charge is 0.272 e. The van der Waals surface area contributed by atoms with Crippen LogP contribution in [0, 0.1) is 24.0 Å². The van der Waals surface area contributed by atoms with Crippen LogP contribution in [0.25, 0.3) is 10.6 Å². The van der Waals surface area contributed by atoms with Crippen LogP contribution in [-0.4, -0.2) is 15.8 Å². The van der Waals surface area contributed by atoms with E-state index in [0.29, 0.717) is 17.7 Å². The quantitative estimate of drug-likeness (QED) is 0.539. The van der Waals surface area contributed by atoms with Crippen LogP contribution in [0.2, 0.25) is 0 Å². The first-order valence-corrected chi connectivity index (χ1v) is 8.82. The van der Waals surface area contributed by atoms with Gasteiger partial charge < -0.3 is 5.32 Å². The normalized spacial score (nSPS) is 10.5. The number of nitrogens with one attached hydrogen (secondary N) is 1. The summed E-state index contributed by atoms with van der Waals surface area (Å²) in [6.45, 7) is 3.90. The predicted molar refractivity (Wildman–Crippen MR) is 101 cm³/mol. The monoisotopic (exact) mass is 367 g/mol. The Hall–Kier alpha value is -3.06. The van der Waals surface area contributed by atoms with Crippen molar-refractivity contribution in [2.24, 2.45) is 0 Å². The number of carbonyl (C=O) groups excluding carboxylic acids is 1. The molecule has 0 radical (unpaired) electrons. The summed E-state index contributed by atoms with van der Waals surface area (Å²) in [7, 11) is 0. The summed E-state index contributed by atoms with van der Waals surface area (Å²) in [5, 5.41) is 14.6. The number of aryl methyl sites for hydroxylation is 2. The predicted octanol–water partition coefficient (Wildman–Crippen LogP) is 4.27. The maximum atomic E-state index is 12.3. The Labute approximate surface area is 154 Å². The number of benzene rings is 2. The van der Waals surface area contributed by atoms with Gasteiger partial charge in [0.2, 0.25) is 0 Å². The second-order valence-corrected chi connectivity index (χ2v) is 6.92. The minimum absolute atomic E-state index is 0.00681. The second-order valence-electron chi connectivity index (χ2n) is 5.83. The Morgan fingerprint density at radius 2 is 1.92 bits per heavy atom. The number of hydrogen-bond donors (Lipinski definition) is 1. The molecule has 3 rings (SSSR count). The summed E-state index contributed by atoms with van der Waals surface area (Å²) in [6, 6.07) is 14.2. The third kappa shape index (κ3) is 3.78. The van der Waals surface area contributed by atoms with E-state index in [1.165, 1.54) is 18.2 Å². The van der Waals surface area contributed by atoms with Crippen molar-refractivity contribution in [2.45, 2.75) is 20.4 Å². The van der Waals surface area contributed by atoms with Gasteiger partial charge in [0.05, 0.1) is 17.2 Å². The number of thiazole rings is 1. The summed E-state index contributed by atoms with van der Waals surface area (Å²) >= 11 is 1.54. The highest BCUT2D eigenvalue weighted by Gasteiger charge is 2.15. The number of nitrogens with zero attached hydrogens (tertiary/aromatic N) is 2. The fraction of sp³-hybridized carbons (Fsp3) is 0.158. The Bertz CT molecular complexity index is 967. The molecule has 0 saturated heterocycles. The van der Waals surface area contributed by atoms with E-state index in [1.807, 2.05) is 37.3 Å². The molecule has 1 heterocycles. The van der Waals surface area contributed by atoms with Crippen LogP contribution in [0.4, 0.5) is 5.69 Å². The van der Waals surface area contributed by atoms with Crippen LogP contribution in [0.3, 0.4) is 0 Å². The van der Waals surface area contributed by atoms with Gasteiger partial charge >= 0.3 is 0 Å². The first kappa shape index (κ1) is 17.8. The number of aromatic nitrogens is 1. The molecule has 1 aromatic heterocycles. The molecule has 0 bridgehead atoms. The first-order chi connectivity index (χ1) is 12.5. The molecule has 0 aliphatic carbocycles. The third-order valence-electron chi connectivity index (χ3n) is 3.98. The van der Waals surface area contributed by atoms with E-state index in [4.69, 9.17) is 0 Å². The maximum Gasteiger partial charge on any atom is 0.272 e. The zero-order chi connectivity index (χ0) is 18.7. The Morgan fingerprint density at radius 1 is 1.19 bits per heavy atom. The van der Waals surface area contributed by atoms with Gasteiger partial charge in [-0.3, -0.25) is 14.9 Å². The zero-order valence-electron chi connectivity index (χ0n) is 14.4. The van der Waals surface area contributed by atoms with E-state index in [0.717, 1.165) is 21.1 Å². The van der Waals surface area contributed by atoms with Gasteiger partial charge in [-0.25, -0.2) is 4.98 Å². The highest BCUT2D eigenvalue weighted by molar-refractivity contribution is 7.15. The lowest BCUT2D eigenvalue weighted by Gasteiger charge is -2.05. The highest BCUT2D eigenvalue weighted by atomic mass is 32.1. The number of nitro benzene ring substituents is 1. The van der Waals surface area contributed by atoms with Crippen LogP contribution in [0.5, 0.6) is 0 Å². The fourth-order valence-electron chi connectivity index (χ4n) is 2.56. The van der Waals surface area contributed by atoms with Gasteiger partial charge in [-0.15, -0.1) is 11.3 Å². The van der Waals surface area contributed by atoms with Crippen LogP contribution in [0.1, 0.15) is 26.5 Å². The lowest BCUT2D eigenvalue weighted by molar-refractivity contribution is -0.385. The summed E-state index contributed by atoms with van der Waals surface area (Å²) in [5.41, 5.74) is 2.80. The number of amides is 1. The van der Waals surface area contributed by atoms with Crippen LogP contribution in [-0.2, 0) is 6.54 Å². The van der Waals surface area contributed by atoms with Crippen molar-refractivity contribution in [3.63, 3.8) is 0 Å². The average molecular weight is 367 g/mol. The van der Waals surface area contributed by atoms with Crippen molar-refractivity contribution in [3.8, 4) is 10.6 Å². The molecule has 0 saturated carbocycles. The first-order valence-electron chi connectivity index (χ1n) is 8.00. The van der Waals surface area contributed by atoms with E-state index in [-0.39, 0.29) is 11.6 Å². The van der Waals surface area contributed by atoms with Crippen LogP contribution >= 0.6 is 11.3 Å². The SMILES string of the molecule is Cc1cc(C(=O)NCc2sc(-c3ccccc3)nc2C)ccc1[N+](=O)[O-]. The van der Waals surface area contributed by atoms with Crippen LogP contribution < -0.4 is 5.32 Å². The fourth-order valence-corrected chi connectivity index (χ4v) is 3.57. The van der Waals surface area contributed by atoms with E-state index in [1.54, 1.807) is 18.3 Å². The molecule has 3 aromatic rings. The van der Waals surface area contributed by atoms with Crippen LogP contribution in [0.15, 0.2) is 48.5 Å². The topological polar surface area (TPSA) is 85.1 Å². The minimum Gasteiger partial charge on any atom is -0.347 e. The Kier molecular flexibility index (Phi) is 5.09. The molecule has 6 nitrogen and oxygen atoms in total. The number of carbonyl (C=O) groups is 1. The molecule has 1 amide bonds. The van der Waals surface area contributed by atoms with E-state index in [2.05, 4.69) is 10.3 Å². The number of rotatable bonds is 5. The van der Waals surface area contributed by atoms with Gasteiger partial charge in [0, 0.05) is 27.6 Å². The summed E-state index contributed by atoms with van der Waals surface area (Å²) in [6.07, 6.45) is 0. The molecule has 1 N–H and O–H groups in total. The van der Waals surface area contributed by atoms with Gasteiger partial charge in [0.15, 0.2) is 0 Å². The zero-order valence-corrected chi connectivity index (χ0v) is 15.2. The number of hydrogen-bond acceptors (Lipinski definition) is 5. The van der Waals surface area contributed by atoms with Gasteiger partial charge in [-0.1, -0.05) is 30.3 Å². The third-order valence-corrected chi connectivity index (χ3v) is 5.19. The van der Waals surface area contributed by atoms with E-state index in [9.17, 15) is 14.9 Å². The molecular weight excluding hydrogens is 350 g/mol. The van der Waals surface area contributed by atoms with Crippen molar-refractivity contribution in [2.75, 3.05) is 0 Å². The number of nitro groups is 1. The van der Waals surface area contributed by atoms with Crippen molar-refractivity contribution in [1.29, 1.82) is 0 Å². The molecule has 0 atom stereocenters. The van der Waals surface area contributed by atoms with Crippen molar-refractivity contribution in [3.05, 3.63) is 80.3 Å². The molecule has 26 heavy (non-hydrogen) atoms. The molecule has 2 aromatic carbocycles. The molecule has 0 spiro atoms. The Balaban J connectivity index is 1.71. The second kappa shape index (κ2) is 7.45. The highest BCUT2D eigenvalue weighted by Crippen LogP contribution is 2.27. The average Bonchev–Trinajstić information content (AvgIpc) is 3.01. The van der Waals surface area contributed by atoms with Crippen molar-refractivity contribution < 1.29 is 9.72 Å². The summed E-state index contributed by atoms with van der Waals surface area (Å²) in [4.78, 5) is 28.3. The molecule has 0 unspecified atom stereocenters. The van der Waals surface area contributed by atoms with E-state index < -0.39 is 4.92 Å². The van der Waals surface area contributed by atoms with Gasteiger partial charge in [0.1, 0.15) is 5.01 Å². The van der Waals surface area contributed by atoms with Crippen molar-refractivity contribution >= 4 is 22.9 Å². The largest absolute Gasteiger partial charge is 0.347 e. The van der Waals surface area contributed by atoms with Gasteiger partial charge in [-0.05, 0) is 26.0 Å². The summed E-state index contributed by atoms with van der Waals surface area (Å²) in [5.74, 6) is -0.267. The molecular formula is C19H17N3O3S. The molecule has 0 aliphatic heterocycles. The van der Waals surface area contributed by atoms with Gasteiger partial charge in [-0.2, -0.15) is 0 Å². The molecule has 0 fully saturated rings. The lowest BCUT2D eigenvalue weighted by Crippen LogP contribution is -2.22. The maximum absolute atomic E-state index is 12.3. The summed E-state index contributed by atoms with van der Waals surface area (Å²) < 4.78 is 0. The van der Waals surface area contributed by atoms with E-state index >= 15 is 0 Å². The Morgan fingerprint density at radius 3 is 2.58 bits per heavy atom. The molecule has 7 heteroatoms. The van der Waals surface area contributed by atoms with Gasteiger partial charge in [0.25, 0.3) is 11.6 Å². The molecule has 132 valence electrons. The standard InChI is InChI=1S/C19H17N3O3S/c1-12-10-15(8-9-16(12)22(24)25)18(23)20-11-17-13(2)21-19(26-17)14-6-4-3-5-7-14/h3-10H,11H2,1-2H3,(H,20,23). The van der Waals surface area contributed by atoms with Crippen molar-refractivity contribution in [1.82, 2.24) is 10.3 Å². The molecule has 0 aliphatic rings. The lowest BCUT2D eigenvalue weighted by atomic mass is 10.1. The minimum atomic E-state index is -0.456.